The predicted octanol–water partition coefficient (Wildman–Crippen LogP) is 4.90. The zero-order valence-corrected chi connectivity index (χ0v) is 13.7. The molecule has 0 fully saturated rings. The SMILES string of the molecule is CNC(CCCc1ccccc1)c1cc(C)c(C)cc1C. The van der Waals surface area contributed by atoms with Crippen molar-refractivity contribution in [3.05, 3.63) is 70.3 Å². The molecule has 1 heteroatoms. The summed E-state index contributed by atoms with van der Waals surface area (Å²) < 4.78 is 0. The van der Waals surface area contributed by atoms with Crippen LogP contribution in [0.15, 0.2) is 42.5 Å². The molecule has 0 amide bonds. The molecule has 2 aromatic rings. The quantitative estimate of drug-likeness (QED) is 0.794. The van der Waals surface area contributed by atoms with Crippen LogP contribution in [-0.4, -0.2) is 7.05 Å². The van der Waals surface area contributed by atoms with Gasteiger partial charge in [0.15, 0.2) is 0 Å². The maximum atomic E-state index is 3.49. The Labute approximate surface area is 129 Å². The Morgan fingerprint density at radius 3 is 2.24 bits per heavy atom. The lowest BCUT2D eigenvalue weighted by Gasteiger charge is -2.20. The van der Waals surface area contributed by atoms with Crippen LogP contribution < -0.4 is 5.32 Å². The maximum Gasteiger partial charge on any atom is 0.0320 e. The van der Waals surface area contributed by atoms with Crippen molar-refractivity contribution in [1.29, 1.82) is 0 Å². The van der Waals surface area contributed by atoms with Crippen LogP contribution in [0, 0.1) is 20.8 Å². The summed E-state index contributed by atoms with van der Waals surface area (Å²) in [7, 11) is 2.07. The van der Waals surface area contributed by atoms with E-state index in [0.29, 0.717) is 6.04 Å². The maximum absolute atomic E-state index is 3.49. The molecule has 0 aliphatic carbocycles. The van der Waals surface area contributed by atoms with Crippen molar-refractivity contribution in [2.24, 2.45) is 0 Å². The van der Waals surface area contributed by atoms with Crippen LogP contribution >= 0.6 is 0 Å². The van der Waals surface area contributed by atoms with Gasteiger partial charge in [-0.05, 0) is 74.9 Å². The summed E-state index contributed by atoms with van der Waals surface area (Å²) in [6.07, 6.45) is 3.54. The molecule has 0 radical (unpaired) electrons. The molecule has 21 heavy (non-hydrogen) atoms. The molecule has 0 aliphatic rings. The Bertz CT molecular complexity index is 572. The average molecular weight is 281 g/mol. The molecule has 1 unspecified atom stereocenters. The predicted molar refractivity (Wildman–Crippen MR) is 91.8 cm³/mol. The van der Waals surface area contributed by atoms with E-state index in [2.05, 4.69) is 75.6 Å². The Balaban J connectivity index is 2.02. The van der Waals surface area contributed by atoms with Crippen molar-refractivity contribution >= 4 is 0 Å². The molecule has 2 aromatic carbocycles. The summed E-state index contributed by atoms with van der Waals surface area (Å²) in [5.41, 5.74) is 7.06. The molecule has 1 nitrogen and oxygen atoms in total. The van der Waals surface area contributed by atoms with Crippen LogP contribution in [0.1, 0.15) is 46.7 Å². The highest BCUT2D eigenvalue weighted by molar-refractivity contribution is 5.38. The van der Waals surface area contributed by atoms with Crippen molar-refractivity contribution in [3.63, 3.8) is 0 Å². The molecule has 0 aromatic heterocycles. The van der Waals surface area contributed by atoms with E-state index < -0.39 is 0 Å². The first-order valence-corrected chi connectivity index (χ1v) is 7.90. The summed E-state index contributed by atoms with van der Waals surface area (Å²) in [6.45, 7) is 6.62. The minimum Gasteiger partial charge on any atom is -0.313 e. The van der Waals surface area contributed by atoms with Crippen molar-refractivity contribution < 1.29 is 0 Å². The largest absolute Gasteiger partial charge is 0.313 e. The van der Waals surface area contributed by atoms with Gasteiger partial charge in [0.1, 0.15) is 0 Å². The van der Waals surface area contributed by atoms with Crippen LogP contribution in [0.4, 0.5) is 0 Å². The summed E-state index contributed by atoms with van der Waals surface area (Å²) in [5, 5.41) is 3.49. The van der Waals surface area contributed by atoms with Gasteiger partial charge in [-0.1, -0.05) is 42.5 Å². The smallest absolute Gasteiger partial charge is 0.0320 e. The van der Waals surface area contributed by atoms with E-state index in [0.717, 1.165) is 6.42 Å². The van der Waals surface area contributed by atoms with Gasteiger partial charge in [0.2, 0.25) is 0 Å². The third-order valence-electron chi connectivity index (χ3n) is 4.41. The fourth-order valence-corrected chi connectivity index (χ4v) is 2.97. The van der Waals surface area contributed by atoms with Gasteiger partial charge in [-0.25, -0.2) is 0 Å². The Kier molecular flexibility index (Phi) is 5.58. The van der Waals surface area contributed by atoms with Gasteiger partial charge in [0.25, 0.3) is 0 Å². The summed E-state index contributed by atoms with van der Waals surface area (Å²) in [4.78, 5) is 0. The van der Waals surface area contributed by atoms with Crippen LogP contribution in [0.25, 0.3) is 0 Å². The van der Waals surface area contributed by atoms with Crippen molar-refractivity contribution in [1.82, 2.24) is 5.32 Å². The highest BCUT2D eigenvalue weighted by Crippen LogP contribution is 2.25. The van der Waals surface area contributed by atoms with Crippen molar-refractivity contribution in [2.75, 3.05) is 7.05 Å². The minimum atomic E-state index is 0.452. The van der Waals surface area contributed by atoms with Crippen LogP contribution in [0.2, 0.25) is 0 Å². The second-order valence-corrected chi connectivity index (χ2v) is 6.01. The highest BCUT2D eigenvalue weighted by Gasteiger charge is 2.12. The zero-order chi connectivity index (χ0) is 15.2. The second-order valence-electron chi connectivity index (χ2n) is 6.01. The van der Waals surface area contributed by atoms with Gasteiger partial charge in [-0.2, -0.15) is 0 Å². The summed E-state index contributed by atoms with van der Waals surface area (Å²) >= 11 is 0. The molecule has 0 aliphatic heterocycles. The molecule has 1 N–H and O–H groups in total. The Morgan fingerprint density at radius 2 is 1.57 bits per heavy atom. The summed E-state index contributed by atoms with van der Waals surface area (Å²) in [5.74, 6) is 0. The lowest BCUT2D eigenvalue weighted by molar-refractivity contribution is 0.524. The number of nitrogens with one attached hydrogen (secondary N) is 1. The van der Waals surface area contributed by atoms with Gasteiger partial charge in [-0.15, -0.1) is 0 Å². The third kappa shape index (κ3) is 4.18. The molecule has 112 valence electrons. The van der Waals surface area contributed by atoms with Gasteiger partial charge in [-0.3, -0.25) is 0 Å². The van der Waals surface area contributed by atoms with E-state index in [1.807, 2.05) is 0 Å². The van der Waals surface area contributed by atoms with E-state index in [4.69, 9.17) is 0 Å². The highest BCUT2D eigenvalue weighted by atomic mass is 14.9. The molecule has 0 heterocycles. The fourth-order valence-electron chi connectivity index (χ4n) is 2.97. The number of benzene rings is 2. The first-order valence-electron chi connectivity index (χ1n) is 7.90. The number of hydrogen-bond acceptors (Lipinski definition) is 1. The molecule has 0 saturated carbocycles. The van der Waals surface area contributed by atoms with Gasteiger partial charge in [0, 0.05) is 6.04 Å². The fraction of sp³-hybridized carbons (Fsp3) is 0.400. The molecular formula is C20H27N. The minimum absolute atomic E-state index is 0.452. The monoisotopic (exact) mass is 281 g/mol. The molecule has 2 rings (SSSR count). The normalized spacial score (nSPS) is 12.4. The first-order chi connectivity index (χ1) is 10.1. The van der Waals surface area contributed by atoms with E-state index in [1.165, 1.54) is 40.7 Å². The lowest BCUT2D eigenvalue weighted by atomic mass is 9.92. The molecule has 0 bridgehead atoms. The van der Waals surface area contributed by atoms with E-state index in [9.17, 15) is 0 Å². The molecule has 0 saturated heterocycles. The van der Waals surface area contributed by atoms with Crippen LogP contribution in [0.3, 0.4) is 0 Å². The topological polar surface area (TPSA) is 12.0 Å². The number of rotatable bonds is 6. The molecule has 1 atom stereocenters. The second kappa shape index (κ2) is 7.42. The zero-order valence-electron chi connectivity index (χ0n) is 13.7. The first kappa shape index (κ1) is 15.8. The summed E-state index contributed by atoms with van der Waals surface area (Å²) in [6, 6.07) is 15.9. The van der Waals surface area contributed by atoms with Crippen molar-refractivity contribution in [2.45, 2.75) is 46.1 Å². The lowest BCUT2D eigenvalue weighted by Crippen LogP contribution is -2.18. The van der Waals surface area contributed by atoms with Gasteiger partial charge in [0.05, 0.1) is 0 Å². The Morgan fingerprint density at radius 1 is 0.905 bits per heavy atom. The van der Waals surface area contributed by atoms with Crippen molar-refractivity contribution in [3.8, 4) is 0 Å². The van der Waals surface area contributed by atoms with E-state index in [-0.39, 0.29) is 0 Å². The van der Waals surface area contributed by atoms with Crippen LogP contribution in [-0.2, 0) is 6.42 Å². The molecule has 0 spiro atoms. The van der Waals surface area contributed by atoms with E-state index in [1.54, 1.807) is 0 Å². The third-order valence-corrected chi connectivity index (χ3v) is 4.41. The number of hydrogen-bond donors (Lipinski definition) is 1. The van der Waals surface area contributed by atoms with Crippen LogP contribution in [0.5, 0.6) is 0 Å². The molecular weight excluding hydrogens is 254 g/mol. The standard InChI is InChI=1S/C20H27N/c1-15-13-17(3)19(14-16(15)2)20(21-4)12-8-11-18-9-6-5-7-10-18/h5-7,9-10,13-14,20-21H,8,11-12H2,1-4H3. The number of aryl methyl sites for hydroxylation is 4. The average Bonchev–Trinajstić information content (AvgIpc) is 2.49. The van der Waals surface area contributed by atoms with E-state index >= 15 is 0 Å². The van der Waals surface area contributed by atoms with Gasteiger partial charge >= 0.3 is 0 Å². The Hall–Kier alpha value is -1.60. The van der Waals surface area contributed by atoms with Gasteiger partial charge < -0.3 is 5.32 Å².